The second kappa shape index (κ2) is 5.46. The van der Waals surface area contributed by atoms with Gasteiger partial charge in [0.25, 0.3) is 0 Å². The summed E-state index contributed by atoms with van der Waals surface area (Å²) in [7, 11) is 0. The molecule has 0 spiro atoms. The zero-order chi connectivity index (χ0) is 12.3. The number of carbonyl (C=O) groups is 1. The fourth-order valence-electron chi connectivity index (χ4n) is 2.46. The van der Waals surface area contributed by atoms with Crippen molar-refractivity contribution in [3.8, 4) is 0 Å². The second-order valence-electron chi connectivity index (χ2n) is 4.68. The summed E-state index contributed by atoms with van der Waals surface area (Å²) in [5.41, 5.74) is 2.65. The monoisotopic (exact) mass is 232 g/mol. The van der Waals surface area contributed by atoms with E-state index in [2.05, 4.69) is 18.2 Å². The Morgan fingerprint density at radius 3 is 3.00 bits per heavy atom. The third-order valence-corrected chi connectivity index (χ3v) is 3.48. The first kappa shape index (κ1) is 12.3. The van der Waals surface area contributed by atoms with Gasteiger partial charge in [-0.25, -0.2) is 0 Å². The molecule has 92 valence electrons. The Kier molecular flexibility index (Phi) is 3.95. The quantitative estimate of drug-likeness (QED) is 0.794. The van der Waals surface area contributed by atoms with Crippen LogP contribution < -0.4 is 0 Å². The van der Waals surface area contributed by atoms with E-state index in [1.165, 1.54) is 11.1 Å². The fraction of sp³-hybridized carbons (Fsp3) is 0.533. The van der Waals surface area contributed by atoms with Crippen molar-refractivity contribution in [2.24, 2.45) is 0 Å². The summed E-state index contributed by atoms with van der Waals surface area (Å²) < 4.78 is 5.92. The fourth-order valence-corrected chi connectivity index (χ4v) is 2.46. The molecule has 0 aliphatic heterocycles. The van der Waals surface area contributed by atoms with Gasteiger partial charge in [-0.1, -0.05) is 31.2 Å². The lowest BCUT2D eigenvalue weighted by molar-refractivity contribution is -0.133. The largest absolute Gasteiger partial charge is 0.363 e. The van der Waals surface area contributed by atoms with Gasteiger partial charge < -0.3 is 4.74 Å². The first-order chi connectivity index (χ1) is 8.22. The van der Waals surface area contributed by atoms with Gasteiger partial charge in [0, 0.05) is 6.42 Å². The number of fused-ring (bicyclic) bond motifs is 1. The molecule has 1 aromatic rings. The molecule has 1 aliphatic rings. The summed E-state index contributed by atoms with van der Waals surface area (Å²) in [6.07, 6.45) is 3.68. The van der Waals surface area contributed by atoms with Crippen molar-refractivity contribution in [2.45, 2.75) is 51.7 Å². The third kappa shape index (κ3) is 2.75. The van der Waals surface area contributed by atoms with Gasteiger partial charge >= 0.3 is 0 Å². The van der Waals surface area contributed by atoms with E-state index < -0.39 is 0 Å². The molecule has 1 aromatic carbocycles. The third-order valence-electron chi connectivity index (χ3n) is 3.48. The van der Waals surface area contributed by atoms with Crippen LogP contribution in [-0.4, -0.2) is 11.9 Å². The van der Waals surface area contributed by atoms with Crippen LogP contribution in [-0.2, 0) is 16.0 Å². The molecule has 0 bridgehead atoms. The molecule has 17 heavy (non-hydrogen) atoms. The Labute approximate surface area is 103 Å². The highest BCUT2D eigenvalue weighted by Gasteiger charge is 2.24. The van der Waals surface area contributed by atoms with Crippen LogP contribution in [0.4, 0.5) is 0 Å². The number of ketones is 1. The van der Waals surface area contributed by atoms with Crippen LogP contribution in [0.2, 0.25) is 0 Å². The van der Waals surface area contributed by atoms with Crippen LogP contribution in [0.5, 0.6) is 0 Å². The number of carbonyl (C=O) groups excluding carboxylic acids is 1. The molecule has 0 saturated carbocycles. The minimum absolute atomic E-state index is 0.102. The summed E-state index contributed by atoms with van der Waals surface area (Å²) in [6.45, 7) is 3.75. The van der Waals surface area contributed by atoms with Crippen molar-refractivity contribution in [3.05, 3.63) is 35.4 Å². The highest BCUT2D eigenvalue weighted by molar-refractivity contribution is 5.82. The number of ether oxygens (including phenoxy) is 1. The maximum atomic E-state index is 11.6. The Morgan fingerprint density at radius 1 is 1.47 bits per heavy atom. The highest BCUT2D eigenvalue weighted by Crippen LogP contribution is 2.33. The average Bonchev–Trinajstić information content (AvgIpc) is 2.38. The lowest BCUT2D eigenvalue weighted by atomic mass is 9.89. The number of Topliss-reactive ketones (excluding diaryl/α,β-unsaturated/α-hetero) is 1. The van der Waals surface area contributed by atoms with E-state index in [9.17, 15) is 4.79 Å². The van der Waals surface area contributed by atoms with Crippen molar-refractivity contribution in [1.82, 2.24) is 0 Å². The molecule has 0 fully saturated rings. The van der Waals surface area contributed by atoms with Crippen LogP contribution in [0.3, 0.4) is 0 Å². The minimum atomic E-state index is -0.281. The normalized spacial score (nSPS) is 20.7. The van der Waals surface area contributed by atoms with Gasteiger partial charge in [0.15, 0.2) is 5.78 Å². The molecule has 0 N–H and O–H groups in total. The lowest BCUT2D eigenvalue weighted by Gasteiger charge is -2.27. The molecule has 1 aliphatic carbocycles. The first-order valence-corrected chi connectivity index (χ1v) is 6.48. The molecule has 2 rings (SSSR count). The molecule has 2 heteroatoms. The topological polar surface area (TPSA) is 26.3 Å². The standard InChI is InChI=1S/C15H20O2/c1-3-14(16)11(2)17-15-10-6-8-12-7-4-5-9-13(12)15/h4-5,7,9,11,15H,3,6,8,10H2,1-2H3. The summed E-state index contributed by atoms with van der Waals surface area (Å²) in [5.74, 6) is 0.188. The van der Waals surface area contributed by atoms with E-state index in [4.69, 9.17) is 4.74 Å². The second-order valence-corrected chi connectivity index (χ2v) is 4.68. The van der Waals surface area contributed by atoms with E-state index in [1.54, 1.807) is 0 Å². The molecule has 0 heterocycles. The minimum Gasteiger partial charge on any atom is -0.363 e. The van der Waals surface area contributed by atoms with Gasteiger partial charge in [0.2, 0.25) is 0 Å². The number of hydrogen-bond donors (Lipinski definition) is 0. The van der Waals surface area contributed by atoms with Gasteiger partial charge in [-0.05, 0) is 37.3 Å². The van der Waals surface area contributed by atoms with E-state index >= 15 is 0 Å². The Bertz CT molecular complexity index is 398. The lowest BCUT2D eigenvalue weighted by Crippen LogP contribution is -2.24. The predicted octanol–water partition coefficient (Wildman–Crippen LogP) is 3.45. The van der Waals surface area contributed by atoms with Crippen molar-refractivity contribution < 1.29 is 9.53 Å². The van der Waals surface area contributed by atoms with Gasteiger partial charge in [-0.15, -0.1) is 0 Å². The smallest absolute Gasteiger partial charge is 0.161 e. The average molecular weight is 232 g/mol. The van der Waals surface area contributed by atoms with Gasteiger partial charge in [-0.3, -0.25) is 4.79 Å². The predicted molar refractivity (Wildman–Crippen MR) is 68.0 cm³/mol. The van der Waals surface area contributed by atoms with E-state index in [-0.39, 0.29) is 18.0 Å². The summed E-state index contributed by atoms with van der Waals surface area (Å²) in [4.78, 5) is 11.6. The Morgan fingerprint density at radius 2 is 2.24 bits per heavy atom. The summed E-state index contributed by atoms with van der Waals surface area (Å²) in [5, 5.41) is 0. The van der Waals surface area contributed by atoms with Crippen molar-refractivity contribution in [3.63, 3.8) is 0 Å². The van der Waals surface area contributed by atoms with Crippen LogP contribution >= 0.6 is 0 Å². The number of rotatable bonds is 4. The maximum absolute atomic E-state index is 11.6. The molecule has 0 radical (unpaired) electrons. The van der Waals surface area contributed by atoms with E-state index in [0.29, 0.717) is 6.42 Å². The highest BCUT2D eigenvalue weighted by atomic mass is 16.5. The molecule has 0 saturated heterocycles. The first-order valence-electron chi connectivity index (χ1n) is 6.48. The van der Waals surface area contributed by atoms with Crippen LogP contribution in [0.1, 0.15) is 50.3 Å². The summed E-state index contributed by atoms with van der Waals surface area (Å²) in [6, 6.07) is 8.41. The zero-order valence-electron chi connectivity index (χ0n) is 10.6. The zero-order valence-corrected chi connectivity index (χ0v) is 10.6. The Balaban J connectivity index is 2.11. The molecule has 2 unspecified atom stereocenters. The Hall–Kier alpha value is -1.15. The number of aryl methyl sites for hydroxylation is 1. The maximum Gasteiger partial charge on any atom is 0.161 e. The molecular formula is C15H20O2. The van der Waals surface area contributed by atoms with Gasteiger partial charge in [0.05, 0.1) is 6.10 Å². The van der Waals surface area contributed by atoms with Gasteiger partial charge in [-0.2, -0.15) is 0 Å². The molecule has 0 amide bonds. The van der Waals surface area contributed by atoms with Crippen LogP contribution in [0, 0.1) is 0 Å². The van der Waals surface area contributed by atoms with Crippen LogP contribution in [0.15, 0.2) is 24.3 Å². The van der Waals surface area contributed by atoms with Crippen molar-refractivity contribution in [1.29, 1.82) is 0 Å². The molecule has 2 nitrogen and oxygen atoms in total. The van der Waals surface area contributed by atoms with Crippen molar-refractivity contribution >= 4 is 5.78 Å². The van der Waals surface area contributed by atoms with Crippen LogP contribution in [0.25, 0.3) is 0 Å². The summed E-state index contributed by atoms with van der Waals surface area (Å²) >= 11 is 0. The molecule has 0 aromatic heterocycles. The van der Waals surface area contributed by atoms with Gasteiger partial charge in [0.1, 0.15) is 6.10 Å². The van der Waals surface area contributed by atoms with E-state index in [1.807, 2.05) is 19.9 Å². The SMILES string of the molecule is CCC(=O)C(C)OC1CCCc2ccccc21. The number of benzene rings is 1. The van der Waals surface area contributed by atoms with E-state index in [0.717, 1.165) is 19.3 Å². The molecule has 2 atom stereocenters. The molecular weight excluding hydrogens is 212 g/mol. The number of hydrogen-bond acceptors (Lipinski definition) is 2. The van der Waals surface area contributed by atoms with Crippen molar-refractivity contribution in [2.75, 3.05) is 0 Å².